The largest absolute Gasteiger partial charge is 0.310 e. The zero-order valence-corrected chi connectivity index (χ0v) is 24.7. The van der Waals surface area contributed by atoms with Crippen molar-refractivity contribution in [2.75, 3.05) is 4.90 Å². The van der Waals surface area contributed by atoms with Crippen LogP contribution in [0.5, 0.6) is 0 Å². The number of thiazole rings is 1. The van der Waals surface area contributed by atoms with Crippen LogP contribution in [0.3, 0.4) is 0 Å². The number of benzene rings is 7. The molecule has 0 saturated carbocycles. The fourth-order valence-electron chi connectivity index (χ4n) is 6.28. The van der Waals surface area contributed by atoms with Crippen LogP contribution in [0.4, 0.5) is 17.1 Å². The van der Waals surface area contributed by atoms with Crippen LogP contribution < -0.4 is 4.90 Å². The predicted octanol–water partition coefficient (Wildman–Crippen LogP) is 12.1. The molecular weight excluding hydrogens is 561 g/mol. The van der Waals surface area contributed by atoms with Crippen LogP contribution in [0.2, 0.25) is 0 Å². The average molecular weight is 585 g/mol. The van der Waals surface area contributed by atoms with E-state index in [9.17, 15) is 0 Å². The topological polar surface area (TPSA) is 16.1 Å². The average Bonchev–Trinajstić information content (AvgIpc) is 3.68. The summed E-state index contributed by atoms with van der Waals surface area (Å²) in [5, 5.41) is 8.69. The fraction of sp³-hybridized carbons (Fsp3) is 0. The molecule has 0 N–H and O–H groups in total. The smallest absolute Gasteiger partial charge is 0.124 e. The molecule has 0 amide bonds. The number of nitrogens with zero attached hydrogens (tertiary/aromatic N) is 2. The summed E-state index contributed by atoms with van der Waals surface area (Å²) in [6.07, 6.45) is 0. The first-order valence-electron chi connectivity index (χ1n) is 14.4. The molecule has 0 unspecified atom stereocenters. The van der Waals surface area contributed by atoms with Gasteiger partial charge in [-0.2, -0.15) is 0 Å². The third kappa shape index (κ3) is 3.95. The van der Waals surface area contributed by atoms with E-state index in [0.717, 1.165) is 33.1 Å². The lowest BCUT2D eigenvalue weighted by molar-refractivity contribution is 1.29. The maximum Gasteiger partial charge on any atom is 0.124 e. The Bertz CT molecular complexity index is 2380. The maximum absolute atomic E-state index is 5.21. The highest BCUT2D eigenvalue weighted by atomic mass is 32.1. The number of para-hydroxylation sites is 1. The van der Waals surface area contributed by atoms with Crippen molar-refractivity contribution < 1.29 is 0 Å². The standard InChI is InChI=1S/C39H24N2S2/c1-2-10-26(11-3-1)41(28-22-23-32-31-14-8-9-17-35(31)42-36(32)24-28)27-20-18-25(19-21-27)39-40-37-33-15-6-4-12-29(33)30-13-5-7-16-34(30)38(37)43-39/h1-24H. The highest BCUT2D eigenvalue weighted by Gasteiger charge is 2.17. The Hall–Kier alpha value is -5.03. The minimum absolute atomic E-state index is 1.04. The quantitative estimate of drug-likeness (QED) is 0.191. The number of aromatic nitrogens is 1. The van der Waals surface area contributed by atoms with E-state index in [1.807, 2.05) is 11.3 Å². The number of fused-ring (bicyclic) bond motifs is 9. The molecule has 0 aliphatic heterocycles. The first-order valence-corrected chi connectivity index (χ1v) is 16.0. The van der Waals surface area contributed by atoms with Gasteiger partial charge in [-0.15, -0.1) is 22.7 Å². The van der Waals surface area contributed by atoms with Gasteiger partial charge in [0.05, 0.1) is 10.2 Å². The van der Waals surface area contributed by atoms with Crippen LogP contribution in [-0.4, -0.2) is 4.98 Å². The van der Waals surface area contributed by atoms with Gasteiger partial charge in [0.15, 0.2) is 0 Å². The molecule has 0 spiro atoms. The first-order chi connectivity index (χ1) is 21.3. The van der Waals surface area contributed by atoms with E-state index in [0.29, 0.717) is 0 Å². The van der Waals surface area contributed by atoms with Crippen molar-refractivity contribution in [3.8, 4) is 10.6 Å². The Morgan fingerprint density at radius 1 is 0.419 bits per heavy atom. The van der Waals surface area contributed by atoms with E-state index in [4.69, 9.17) is 4.98 Å². The van der Waals surface area contributed by atoms with Gasteiger partial charge in [0.2, 0.25) is 0 Å². The van der Waals surface area contributed by atoms with Crippen molar-refractivity contribution in [1.29, 1.82) is 0 Å². The summed E-state index contributed by atoms with van der Waals surface area (Å²) in [5.41, 5.74) is 5.61. The lowest BCUT2D eigenvalue weighted by Crippen LogP contribution is -2.09. The molecule has 2 nitrogen and oxygen atoms in total. The van der Waals surface area contributed by atoms with Crippen LogP contribution >= 0.6 is 22.7 Å². The van der Waals surface area contributed by atoms with Gasteiger partial charge in [0, 0.05) is 53.6 Å². The van der Waals surface area contributed by atoms with Gasteiger partial charge in [0.25, 0.3) is 0 Å². The molecule has 4 heteroatoms. The molecule has 0 radical (unpaired) electrons. The van der Waals surface area contributed by atoms with E-state index in [-0.39, 0.29) is 0 Å². The molecule has 0 aliphatic carbocycles. The Kier molecular flexibility index (Phi) is 5.58. The predicted molar refractivity (Wildman–Crippen MR) is 188 cm³/mol. The second kappa shape index (κ2) is 9.77. The summed E-state index contributed by atoms with van der Waals surface area (Å²) in [4.78, 5) is 7.55. The molecule has 9 aromatic rings. The molecule has 0 atom stereocenters. The van der Waals surface area contributed by atoms with Gasteiger partial charge in [-0.3, -0.25) is 0 Å². The van der Waals surface area contributed by atoms with Gasteiger partial charge in [-0.1, -0.05) is 91.0 Å². The van der Waals surface area contributed by atoms with Crippen LogP contribution in [-0.2, 0) is 0 Å². The van der Waals surface area contributed by atoms with Crippen molar-refractivity contribution in [2.45, 2.75) is 0 Å². The van der Waals surface area contributed by atoms with E-state index < -0.39 is 0 Å². The number of anilines is 3. The monoisotopic (exact) mass is 584 g/mol. The highest BCUT2D eigenvalue weighted by Crippen LogP contribution is 2.43. The van der Waals surface area contributed by atoms with Crippen molar-refractivity contribution in [3.05, 3.63) is 146 Å². The van der Waals surface area contributed by atoms with Crippen LogP contribution in [0, 0.1) is 0 Å². The lowest BCUT2D eigenvalue weighted by Gasteiger charge is -2.25. The molecule has 2 heterocycles. The summed E-state index contributed by atoms with van der Waals surface area (Å²) in [6.45, 7) is 0. The molecule has 202 valence electrons. The molecule has 0 saturated heterocycles. The Balaban J connectivity index is 1.17. The van der Waals surface area contributed by atoms with Crippen molar-refractivity contribution >= 4 is 91.7 Å². The lowest BCUT2D eigenvalue weighted by atomic mass is 10.0. The maximum atomic E-state index is 5.21. The molecule has 0 fully saturated rings. The fourth-order valence-corrected chi connectivity index (χ4v) is 8.54. The van der Waals surface area contributed by atoms with E-state index in [1.54, 1.807) is 11.3 Å². The molecule has 2 aromatic heterocycles. The highest BCUT2D eigenvalue weighted by molar-refractivity contribution is 7.25. The summed E-state index contributed by atoms with van der Waals surface area (Å²) in [5.74, 6) is 0. The summed E-state index contributed by atoms with van der Waals surface area (Å²) in [7, 11) is 0. The zero-order valence-electron chi connectivity index (χ0n) is 23.1. The summed E-state index contributed by atoms with van der Waals surface area (Å²) >= 11 is 3.63. The van der Waals surface area contributed by atoms with Gasteiger partial charge >= 0.3 is 0 Å². The third-order valence-electron chi connectivity index (χ3n) is 8.28. The van der Waals surface area contributed by atoms with Crippen molar-refractivity contribution in [1.82, 2.24) is 4.98 Å². The van der Waals surface area contributed by atoms with Gasteiger partial charge in [-0.05, 0) is 65.4 Å². The SMILES string of the molecule is c1ccc(N(c2ccc(-c3nc4c5ccccc5c5ccccc5c4s3)cc2)c2ccc3c(c2)sc2ccccc23)cc1. The Morgan fingerprint density at radius 3 is 1.79 bits per heavy atom. The molecule has 43 heavy (non-hydrogen) atoms. The van der Waals surface area contributed by atoms with E-state index in [1.165, 1.54) is 46.4 Å². The third-order valence-corrected chi connectivity index (χ3v) is 10.5. The second-order valence-electron chi connectivity index (χ2n) is 10.8. The molecular formula is C39H24N2S2. The number of rotatable bonds is 4. The van der Waals surface area contributed by atoms with E-state index in [2.05, 4.69) is 150 Å². The van der Waals surface area contributed by atoms with Gasteiger partial charge < -0.3 is 4.90 Å². The Labute approximate surface area is 256 Å². The van der Waals surface area contributed by atoms with Gasteiger partial charge in [-0.25, -0.2) is 4.98 Å². The number of thiophene rings is 1. The molecule has 9 rings (SSSR count). The van der Waals surface area contributed by atoms with Crippen LogP contribution in [0.25, 0.3) is 62.5 Å². The minimum atomic E-state index is 1.04. The van der Waals surface area contributed by atoms with E-state index >= 15 is 0 Å². The molecule has 0 aliphatic rings. The number of hydrogen-bond acceptors (Lipinski definition) is 4. The summed E-state index contributed by atoms with van der Waals surface area (Å²) in [6, 6.07) is 52.3. The second-order valence-corrected chi connectivity index (χ2v) is 12.9. The Morgan fingerprint density at radius 2 is 1.00 bits per heavy atom. The summed E-state index contributed by atoms with van der Waals surface area (Å²) < 4.78 is 3.86. The normalized spacial score (nSPS) is 11.7. The molecule has 7 aromatic carbocycles. The number of hydrogen-bond donors (Lipinski definition) is 0. The van der Waals surface area contributed by atoms with Crippen LogP contribution in [0.15, 0.2) is 146 Å². The van der Waals surface area contributed by atoms with Crippen molar-refractivity contribution in [2.24, 2.45) is 0 Å². The molecule has 0 bridgehead atoms. The first kappa shape index (κ1) is 24.6. The minimum Gasteiger partial charge on any atom is -0.310 e. The van der Waals surface area contributed by atoms with Crippen LogP contribution in [0.1, 0.15) is 0 Å². The van der Waals surface area contributed by atoms with Gasteiger partial charge in [0.1, 0.15) is 5.01 Å². The zero-order chi connectivity index (χ0) is 28.3. The van der Waals surface area contributed by atoms with Crippen molar-refractivity contribution in [3.63, 3.8) is 0 Å².